The zero-order valence-electron chi connectivity index (χ0n) is 13.9. The van der Waals surface area contributed by atoms with Gasteiger partial charge in [0.05, 0.1) is 12.2 Å². The first-order valence-corrected chi connectivity index (χ1v) is 7.85. The Hall–Kier alpha value is -3.22. The average molecular weight is 342 g/mol. The molecule has 1 aromatic carbocycles. The van der Waals surface area contributed by atoms with Gasteiger partial charge in [-0.1, -0.05) is 6.92 Å². The first-order valence-electron chi connectivity index (χ1n) is 7.85. The molecule has 0 unspecified atom stereocenters. The Kier molecular flexibility index (Phi) is 6.22. The Bertz CT molecular complexity index is 772. The normalized spacial score (nSPS) is 10.1. The summed E-state index contributed by atoms with van der Waals surface area (Å²) in [6.07, 6.45) is 3.93. The minimum absolute atomic E-state index is 0.0292. The number of carbonyl (C=O) groups excluding carboxylic acids is 3. The highest BCUT2D eigenvalue weighted by atomic mass is 16.5. The summed E-state index contributed by atoms with van der Waals surface area (Å²) in [6.45, 7) is 2.32. The van der Waals surface area contributed by atoms with E-state index >= 15 is 0 Å². The third-order valence-electron chi connectivity index (χ3n) is 3.31. The fourth-order valence-electron chi connectivity index (χ4n) is 2.10. The van der Waals surface area contributed by atoms with Crippen LogP contribution in [0.1, 0.15) is 34.1 Å². The van der Waals surface area contributed by atoms with Gasteiger partial charge in [0.25, 0.3) is 11.8 Å². The molecule has 0 bridgehead atoms. The van der Waals surface area contributed by atoms with E-state index in [4.69, 9.17) is 10.5 Å². The molecule has 1 heterocycles. The molecular formula is C18H20N3O4+. The van der Waals surface area contributed by atoms with Crippen molar-refractivity contribution in [2.75, 3.05) is 11.9 Å². The monoisotopic (exact) mass is 342 g/mol. The summed E-state index contributed by atoms with van der Waals surface area (Å²) in [5.74, 6) is -1.22. The van der Waals surface area contributed by atoms with Gasteiger partial charge in [0.1, 0.15) is 5.56 Å². The molecule has 0 aliphatic carbocycles. The minimum Gasteiger partial charge on any atom is -0.462 e. The molecule has 3 N–H and O–H groups in total. The summed E-state index contributed by atoms with van der Waals surface area (Å²) in [5.41, 5.74) is 6.52. The molecule has 0 spiro atoms. The number of primary amides is 1. The van der Waals surface area contributed by atoms with Crippen molar-refractivity contribution in [2.45, 2.75) is 19.9 Å². The van der Waals surface area contributed by atoms with E-state index < -0.39 is 11.9 Å². The highest BCUT2D eigenvalue weighted by Gasteiger charge is 2.13. The number of amides is 2. The first-order chi connectivity index (χ1) is 12.0. The predicted octanol–water partition coefficient (Wildman–Crippen LogP) is 1.28. The molecular weight excluding hydrogens is 322 g/mol. The van der Waals surface area contributed by atoms with Crippen LogP contribution in [0.15, 0.2) is 48.8 Å². The Morgan fingerprint density at radius 1 is 1.12 bits per heavy atom. The van der Waals surface area contributed by atoms with Crippen LogP contribution >= 0.6 is 0 Å². The number of anilines is 1. The van der Waals surface area contributed by atoms with Crippen molar-refractivity contribution in [3.05, 3.63) is 59.9 Å². The van der Waals surface area contributed by atoms with Crippen molar-refractivity contribution in [1.29, 1.82) is 0 Å². The Morgan fingerprint density at radius 3 is 2.48 bits per heavy atom. The van der Waals surface area contributed by atoms with Crippen LogP contribution in [0.2, 0.25) is 0 Å². The van der Waals surface area contributed by atoms with Gasteiger partial charge in [-0.2, -0.15) is 4.57 Å². The van der Waals surface area contributed by atoms with Gasteiger partial charge in [-0.15, -0.1) is 0 Å². The zero-order valence-corrected chi connectivity index (χ0v) is 13.9. The molecule has 1 aromatic heterocycles. The summed E-state index contributed by atoms with van der Waals surface area (Å²) in [4.78, 5) is 35.0. The van der Waals surface area contributed by atoms with Gasteiger partial charge in [-0.25, -0.2) is 4.79 Å². The fraction of sp³-hybridized carbons (Fsp3) is 0.222. The molecule has 25 heavy (non-hydrogen) atoms. The highest BCUT2D eigenvalue weighted by molar-refractivity contribution is 5.93. The topological polar surface area (TPSA) is 102 Å². The Labute approximate surface area is 145 Å². The second kappa shape index (κ2) is 8.58. The number of rotatable bonds is 7. The number of benzene rings is 1. The summed E-state index contributed by atoms with van der Waals surface area (Å²) < 4.78 is 6.60. The van der Waals surface area contributed by atoms with Gasteiger partial charge >= 0.3 is 5.97 Å². The molecule has 0 aliphatic heterocycles. The van der Waals surface area contributed by atoms with E-state index in [0.717, 1.165) is 6.42 Å². The van der Waals surface area contributed by atoms with Gasteiger partial charge < -0.3 is 15.8 Å². The van der Waals surface area contributed by atoms with Crippen LogP contribution in [0.5, 0.6) is 0 Å². The molecule has 7 heteroatoms. The first kappa shape index (κ1) is 18.1. The molecule has 130 valence electrons. The van der Waals surface area contributed by atoms with E-state index in [0.29, 0.717) is 23.4 Å². The third kappa shape index (κ3) is 5.42. The van der Waals surface area contributed by atoms with Crippen molar-refractivity contribution in [1.82, 2.24) is 0 Å². The quantitative estimate of drug-likeness (QED) is 0.584. The Morgan fingerprint density at radius 2 is 1.84 bits per heavy atom. The fourth-order valence-corrected chi connectivity index (χ4v) is 2.10. The van der Waals surface area contributed by atoms with E-state index in [1.807, 2.05) is 6.92 Å². The molecule has 0 fully saturated rings. The smallest absolute Gasteiger partial charge is 0.338 e. The van der Waals surface area contributed by atoms with Gasteiger partial charge in [-0.3, -0.25) is 9.59 Å². The molecule has 0 saturated carbocycles. The van der Waals surface area contributed by atoms with Crippen molar-refractivity contribution in [3.63, 3.8) is 0 Å². The van der Waals surface area contributed by atoms with Crippen LogP contribution in [0, 0.1) is 0 Å². The predicted molar refractivity (Wildman–Crippen MR) is 90.8 cm³/mol. The average Bonchev–Trinajstić information content (AvgIpc) is 2.60. The maximum atomic E-state index is 12.1. The number of pyridine rings is 1. The molecule has 0 radical (unpaired) electrons. The second-order valence-corrected chi connectivity index (χ2v) is 5.39. The third-order valence-corrected chi connectivity index (χ3v) is 3.31. The van der Waals surface area contributed by atoms with Gasteiger partial charge in [0.2, 0.25) is 6.54 Å². The highest BCUT2D eigenvalue weighted by Crippen LogP contribution is 2.10. The van der Waals surface area contributed by atoms with E-state index in [2.05, 4.69) is 5.32 Å². The van der Waals surface area contributed by atoms with Crippen molar-refractivity contribution < 1.29 is 23.7 Å². The number of hydrogen-bond donors (Lipinski definition) is 2. The summed E-state index contributed by atoms with van der Waals surface area (Å²) in [5, 5.41) is 2.72. The number of ether oxygens (including phenoxy) is 1. The number of hydrogen-bond acceptors (Lipinski definition) is 4. The van der Waals surface area contributed by atoms with Crippen LogP contribution in [0.4, 0.5) is 5.69 Å². The molecule has 0 aliphatic rings. The number of nitrogens with zero attached hydrogens (tertiary/aromatic N) is 1. The van der Waals surface area contributed by atoms with Gasteiger partial charge in [-0.05, 0) is 36.8 Å². The zero-order chi connectivity index (χ0) is 18.2. The Balaban J connectivity index is 1.95. The summed E-state index contributed by atoms with van der Waals surface area (Å²) >= 11 is 0. The number of carbonyl (C=O) groups is 3. The lowest BCUT2D eigenvalue weighted by Gasteiger charge is -2.06. The van der Waals surface area contributed by atoms with Crippen LogP contribution in [-0.2, 0) is 16.1 Å². The molecule has 0 atom stereocenters. The number of nitrogens with two attached hydrogens (primary N) is 1. The second-order valence-electron chi connectivity index (χ2n) is 5.39. The van der Waals surface area contributed by atoms with Crippen LogP contribution in [0.3, 0.4) is 0 Å². The summed E-state index contributed by atoms with van der Waals surface area (Å²) in [6, 6.07) is 9.66. The minimum atomic E-state index is -0.555. The van der Waals surface area contributed by atoms with Gasteiger partial charge in [0, 0.05) is 11.8 Å². The number of nitrogens with one attached hydrogen (secondary N) is 1. The lowest BCUT2D eigenvalue weighted by molar-refractivity contribution is -0.684. The standard InChI is InChI=1S/C18H19N3O4/c1-2-10-25-18(24)13-5-7-15(8-6-13)20-16(22)12-21-9-3-4-14(11-21)17(19)23/h3-9,11H,2,10,12H2,1H3,(H2-,19,20,22,23,24)/p+1. The lowest BCUT2D eigenvalue weighted by Crippen LogP contribution is -2.40. The molecule has 2 aromatic rings. The maximum absolute atomic E-state index is 12.1. The molecule has 2 amide bonds. The van der Waals surface area contributed by atoms with Crippen molar-refractivity contribution in [2.24, 2.45) is 5.73 Å². The van der Waals surface area contributed by atoms with Gasteiger partial charge in [0.15, 0.2) is 12.4 Å². The summed E-state index contributed by atoms with van der Waals surface area (Å²) in [7, 11) is 0. The number of aromatic nitrogens is 1. The van der Waals surface area contributed by atoms with Crippen molar-refractivity contribution in [3.8, 4) is 0 Å². The molecule has 0 saturated heterocycles. The lowest BCUT2D eigenvalue weighted by atomic mass is 10.2. The largest absolute Gasteiger partial charge is 0.462 e. The van der Waals surface area contributed by atoms with E-state index in [1.54, 1.807) is 47.2 Å². The molecule has 2 rings (SSSR count). The van der Waals surface area contributed by atoms with Crippen molar-refractivity contribution >= 4 is 23.5 Å². The molecule has 7 nitrogen and oxygen atoms in total. The maximum Gasteiger partial charge on any atom is 0.338 e. The van der Waals surface area contributed by atoms with Crippen LogP contribution < -0.4 is 15.6 Å². The van der Waals surface area contributed by atoms with Crippen LogP contribution in [-0.4, -0.2) is 24.4 Å². The van der Waals surface area contributed by atoms with E-state index in [-0.39, 0.29) is 12.5 Å². The van der Waals surface area contributed by atoms with E-state index in [1.165, 1.54) is 6.20 Å². The number of esters is 1. The van der Waals surface area contributed by atoms with E-state index in [9.17, 15) is 14.4 Å². The SMILES string of the molecule is CCCOC(=O)c1ccc(NC(=O)C[n+]2cccc(C(N)=O)c2)cc1. The van der Waals surface area contributed by atoms with Crippen LogP contribution in [0.25, 0.3) is 0 Å².